The molecule has 13 heteroatoms. The second-order valence-electron chi connectivity index (χ2n) is 10.2. The van der Waals surface area contributed by atoms with Crippen LogP contribution in [-0.4, -0.2) is 49.8 Å². The quantitative estimate of drug-likeness (QED) is 0.0840. The van der Waals surface area contributed by atoms with Crippen LogP contribution in [0.25, 0.3) is 17.3 Å². The van der Waals surface area contributed by atoms with Crippen molar-refractivity contribution in [3.63, 3.8) is 0 Å². The molecule has 4 aromatic carbocycles. The summed E-state index contributed by atoms with van der Waals surface area (Å²) < 4.78 is 16.3. The lowest BCUT2D eigenvalue weighted by atomic mass is 10.1. The predicted octanol–water partition coefficient (Wildman–Crippen LogP) is 7.63. The summed E-state index contributed by atoms with van der Waals surface area (Å²) in [6.07, 6.45) is 1.50. The minimum absolute atomic E-state index is 0.0316. The minimum Gasteiger partial charge on any atom is -0.496 e. The number of hydrogen-bond donors (Lipinski definition) is 3. The number of benzene rings is 4. The van der Waals surface area contributed by atoms with Crippen molar-refractivity contribution >= 4 is 69.3 Å². The lowest BCUT2D eigenvalue weighted by Crippen LogP contribution is -2.30. The van der Waals surface area contributed by atoms with E-state index < -0.39 is 11.8 Å². The smallest absolute Gasteiger partial charge is 0.272 e. The Kier molecular flexibility index (Phi) is 11.9. The SMILES string of the molecule is COc1cc(OC)c(OC)cc1/C=C(\NC(=O)c1ccccc1)C(=O)Nc1ccc(SCC(=O)Nc2nc(-c3ccc(Cl)cc3)cs2)cc1. The van der Waals surface area contributed by atoms with E-state index in [1.807, 2.05) is 17.5 Å². The molecule has 0 bridgehead atoms. The summed E-state index contributed by atoms with van der Waals surface area (Å²) in [6, 6.07) is 26.2. The summed E-state index contributed by atoms with van der Waals surface area (Å²) in [5.74, 6) is 0.186. The number of nitrogens with one attached hydrogen (secondary N) is 3. The Balaban J connectivity index is 1.25. The molecule has 0 spiro atoms. The summed E-state index contributed by atoms with van der Waals surface area (Å²) >= 11 is 8.65. The number of carbonyl (C=O) groups excluding carboxylic acids is 3. The molecule has 0 fully saturated rings. The molecule has 1 heterocycles. The van der Waals surface area contributed by atoms with Crippen molar-refractivity contribution < 1.29 is 28.6 Å². The maximum absolute atomic E-state index is 13.6. The van der Waals surface area contributed by atoms with Crippen LogP contribution in [0.15, 0.2) is 107 Å². The Labute approximate surface area is 296 Å². The highest BCUT2D eigenvalue weighted by Gasteiger charge is 2.18. The highest BCUT2D eigenvalue weighted by molar-refractivity contribution is 8.00. The van der Waals surface area contributed by atoms with Crippen molar-refractivity contribution in [3.8, 4) is 28.5 Å². The first-order valence-electron chi connectivity index (χ1n) is 14.7. The number of thiazole rings is 1. The van der Waals surface area contributed by atoms with Crippen LogP contribution in [0.5, 0.6) is 17.2 Å². The van der Waals surface area contributed by atoms with E-state index in [0.717, 1.165) is 16.2 Å². The van der Waals surface area contributed by atoms with Crippen LogP contribution in [0.2, 0.25) is 5.02 Å². The van der Waals surface area contributed by atoms with Crippen molar-refractivity contribution in [1.29, 1.82) is 0 Å². The molecule has 10 nitrogen and oxygen atoms in total. The number of thioether (sulfide) groups is 1. The normalized spacial score (nSPS) is 11.0. The van der Waals surface area contributed by atoms with Gasteiger partial charge in [0.15, 0.2) is 16.6 Å². The third-order valence-corrected chi connectivity index (χ3v) is 8.96. The van der Waals surface area contributed by atoms with E-state index >= 15 is 0 Å². The van der Waals surface area contributed by atoms with Gasteiger partial charge < -0.3 is 30.2 Å². The fraction of sp³-hybridized carbons (Fsp3) is 0.111. The molecule has 0 aliphatic rings. The van der Waals surface area contributed by atoms with Crippen molar-refractivity contribution in [1.82, 2.24) is 10.3 Å². The Morgan fingerprint density at radius 1 is 0.837 bits per heavy atom. The highest BCUT2D eigenvalue weighted by atomic mass is 35.5. The Bertz CT molecular complexity index is 1970. The van der Waals surface area contributed by atoms with Crippen molar-refractivity contribution in [2.75, 3.05) is 37.7 Å². The Hall–Kier alpha value is -5.30. The maximum atomic E-state index is 13.6. The van der Waals surface area contributed by atoms with Crippen LogP contribution in [0.3, 0.4) is 0 Å². The van der Waals surface area contributed by atoms with Crippen LogP contribution < -0.4 is 30.2 Å². The van der Waals surface area contributed by atoms with E-state index in [-0.39, 0.29) is 17.4 Å². The molecule has 5 aromatic rings. The number of anilines is 2. The monoisotopic (exact) mass is 714 g/mol. The first kappa shape index (κ1) is 35.0. The third-order valence-electron chi connectivity index (χ3n) is 6.94. The minimum atomic E-state index is -0.567. The molecular weight excluding hydrogens is 684 g/mol. The molecule has 0 saturated carbocycles. The van der Waals surface area contributed by atoms with Gasteiger partial charge >= 0.3 is 0 Å². The molecule has 0 saturated heterocycles. The Morgan fingerprint density at radius 2 is 1.51 bits per heavy atom. The second kappa shape index (κ2) is 16.7. The fourth-order valence-electron chi connectivity index (χ4n) is 4.49. The first-order chi connectivity index (χ1) is 23.8. The van der Waals surface area contributed by atoms with Gasteiger partial charge in [-0.05, 0) is 60.7 Å². The third kappa shape index (κ3) is 9.41. The summed E-state index contributed by atoms with van der Waals surface area (Å²) in [6.45, 7) is 0. The van der Waals surface area contributed by atoms with E-state index in [1.54, 1.807) is 78.9 Å². The predicted molar refractivity (Wildman–Crippen MR) is 195 cm³/mol. The fourth-order valence-corrected chi connectivity index (χ4v) is 6.05. The van der Waals surface area contributed by atoms with Crippen molar-refractivity contribution in [2.45, 2.75) is 4.90 Å². The van der Waals surface area contributed by atoms with Crippen molar-refractivity contribution in [3.05, 3.63) is 118 Å². The number of ether oxygens (including phenoxy) is 3. The summed E-state index contributed by atoms with van der Waals surface area (Å²) in [5, 5.41) is 11.4. The number of amides is 3. The molecule has 0 radical (unpaired) electrons. The van der Waals surface area contributed by atoms with E-state index in [4.69, 9.17) is 25.8 Å². The zero-order chi connectivity index (χ0) is 34.8. The van der Waals surface area contributed by atoms with Gasteiger partial charge in [0.1, 0.15) is 11.4 Å². The number of carbonyl (C=O) groups is 3. The number of methoxy groups -OCH3 is 3. The Morgan fingerprint density at radius 3 is 2.18 bits per heavy atom. The number of rotatable bonds is 13. The number of halogens is 1. The van der Waals surface area contributed by atoms with Gasteiger partial charge in [0.2, 0.25) is 5.91 Å². The van der Waals surface area contributed by atoms with Gasteiger partial charge in [0.05, 0.1) is 32.8 Å². The van der Waals surface area contributed by atoms with Crippen LogP contribution in [0.1, 0.15) is 15.9 Å². The maximum Gasteiger partial charge on any atom is 0.272 e. The number of nitrogens with zero attached hydrogens (tertiary/aromatic N) is 1. The standard InChI is InChI=1S/C36H31ClN4O6S2/c1-45-30-19-32(47-3)31(46-2)18-24(30)17-28(39-34(43)23-7-5-4-6-8-23)35(44)38-26-13-15-27(16-14-26)48-21-33(42)41-36-40-29(20-49-36)22-9-11-25(37)12-10-22/h4-20H,21H2,1-3H3,(H,38,44)(H,39,43)(H,40,41,42)/b28-17-. The van der Waals surface area contributed by atoms with E-state index in [2.05, 4.69) is 20.9 Å². The van der Waals surface area contributed by atoms with E-state index in [9.17, 15) is 14.4 Å². The van der Waals surface area contributed by atoms with E-state index in [0.29, 0.717) is 44.2 Å². The van der Waals surface area contributed by atoms with Gasteiger partial charge in [0.25, 0.3) is 11.8 Å². The molecule has 0 aliphatic carbocycles. The molecule has 5 rings (SSSR count). The summed E-state index contributed by atoms with van der Waals surface area (Å²) in [5.41, 5.74) is 2.96. The molecule has 1 aromatic heterocycles. The molecule has 0 aliphatic heterocycles. The molecule has 0 atom stereocenters. The number of hydrogen-bond acceptors (Lipinski definition) is 9. The number of aromatic nitrogens is 1. The van der Waals surface area contributed by atoms with E-state index in [1.165, 1.54) is 50.5 Å². The van der Waals surface area contributed by atoms with Gasteiger partial charge in [-0.2, -0.15) is 0 Å². The summed E-state index contributed by atoms with van der Waals surface area (Å²) in [7, 11) is 4.49. The average Bonchev–Trinajstić information content (AvgIpc) is 3.59. The van der Waals surface area contributed by atoms with Gasteiger partial charge in [-0.25, -0.2) is 4.98 Å². The van der Waals surface area contributed by atoms with Crippen LogP contribution in [0, 0.1) is 0 Å². The zero-order valence-electron chi connectivity index (χ0n) is 26.6. The molecule has 49 heavy (non-hydrogen) atoms. The van der Waals surface area contributed by atoms with Crippen molar-refractivity contribution in [2.24, 2.45) is 0 Å². The van der Waals surface area contributed by atoms with Crippen LogP contribution >= 0.6 is 34.7 Å². The lowest BCUT2D eigenvalue weighted by molar-refractivity contribution is -0.114. The molecule has 3 N–H and O–H groups in total. The molecule has 250 valence electrons. The zero-order valence-corrected chi connectivity index (χ0v) is 29.0. The largest absolute Gasteiger partial charge is 0.496 e. The van der Waals surface area contributed by atoms with Crippen LogP contribution in [0.4, 0.5) is 10.8 Å². The average molecular weight is 715 g/mol. The molecule has 3 amide bonds. The molecular formula is C36H31ClN4O6S2. The topological polar surface area (TPSA) is 128 Å². The van der Waals surface area contributed by atoms with Gasteiger partial charge in [-0.1, -0.05) is 41.9 Å². The lowest BCUT2D eigenvalue weighted by Gasteiger charge is -2.15. The van der Waals surface area contributed by atoms with Crippen LogP contribution in [-0.2, 0) is 9.59 Å². The van der Waals surface area contributed by atoms with Gasteiger partial charge in [0, 0.05) is 43.7 Å². The molecule has 0 unspecified atom stereocenters. The highest BCUT2D eigenvalue weighted by Crippen LogP contribution is 2.36. The summed E-state index contributed by atoms with van der Waals surface area (Å²) in [4.78, 5) is 44.6. The second-order valence-corrected chi connectivity index (χ2v) is 12.5. The van der Waals surface area contributed by atoms with Gasteiger partial charge in [-0.15, -0.1) is 23.1 Å². The first-order valence-corrected chi connectivity index (χ1v) is 16.9. The van der Waals surface area contributed by atoms with Gasteiger partial charge in [-0.3, -0.25) is 14.4 Å².